The van der Waals surface area contributed by atoms with Gasteiger partial charge in [-0.3, -0.25) is 4.79 Å². The number of urea groups is 1. The van der Waals surface area contributed by atoms with Gasteiger partial charge in [0.05, 0.1) is 0 Å². The highest BCUT2D eigenvalue weighted by atomic mass is 16.3. The first-order chi connectivity index (χ1) is 8.74. The summed E-state index contributed by atoms with van der Waals surface area (Å²) in [5.74, 6) is 0.142. The van der Waals surface area contributed by atoms with E-state index in [1.807, 2.05) is 20.8 Å². The van der Waals surface area contributed by atoms with Crippen molar-refractivity contribution in [2.45, 2.75) is 39.7 Å². The second kappa shape index (κ2) is 6.23. The summed E-state index contributed by atoms with van der Waals surface area (Å²) in [6.45, 7) is 6.63. The molecular weight excluding hydrogens is 246 g/mol. The summed E-state index contributed by atoms with van der Waals surface area (Å²) in [5, 5.41) is 12.0. The highest BCUT2D eigenvalue weighted by molar-refractivity contribution is 5.81. The number of amides is 3. The molecule has 1 rings (SSSR count). The Morgan fingerprint density at radius 3 is 2.47 bits per heavy atom. The Bertz CT molecular complexity index is 339. The normalized spacial score (nSPS) is 24.1. The van der Waals surface area contributed by atoms with E-state index in [4.69, 9.17) is 10.8 Å². The third-order valence-corrected chi connectivity index (χ3v) is 3.40. The number of rotatable bonds is 3. The second-order valence-corrected chi connectivity index (χ2v) is 6.28. The fraction of sp³-hybridized carbons (Fsp3) is 0.846. The molecule has 0 bridgehead atoms. The molecule has 6 nitrogen and oxygen atoms in total. The van der Waals surface area contributed by atoms with E-state index in [-0.39, 0.29) is 24.5 Å². The van der Waals surface area contributed by atoms with E-state index in [1.54, 1.807) is 0 Å². The standard InChI is InChI=1S/C13H25N3O3/c1-13(2,3)11(18)15-10-6-9(4-5-17)7-16(8-10)12(14)19/h9-10,17H,4-8H2,1-3H3,(H2,14,19)(H,15,18). The van der Waals surface area contributed by atoms with Crippen LogP contribution < -0.4 is 11.1 Å². The first-order valence-corrected chi connectivity index (χ1v) is 6.70. The van der Waals surface area contributed by atoms with Crippen molar-refractivity contribution in [2.24, 2.45) is 17.1 Å². The van der Waals surface area contributed by atoms with Gasteiger partial charge in [0.1, 0.15) is 0 Å². The lowest BCUT2D eigenvalue weighted by atomic mass is 9.90. The molecule has 4 N–H and O–H groups in total. The molecule has 0 aromatic heterocycles. The highest BCUT2D eigenvalue weighted by Gasteiger charge is 2.31. The van der Waals surface area contributed by atoms with Crippen molar-refractivity contribution in [1.29, 1.82) is 0 Å². The number of nitrogens with two attached hydrogens (primary N) is 1. The lowest BCUT2D eigenvalue weighted by Crippen LogP contribution is -2.55. The number of hydrogen-bond acceptors (Lipinski definition) is 3. The molecule has 6 heteroatoms. The van der Waals surface area contributed by atoms with Gasteiger partial charge in [-0.1, -0.05) is 20.8 Å². The van der Waals surface area contributed by atoms with E-state index in [9.17, 15) is 9.59 Å². The van der Waals surface area contributed by atoms with Gasteiger partial charge in [-0.05, 0) is 18.8 Å². The van der Waals surface area contributed by atoms with Gasteiger partial charge in [0.2, 0.25) is 5.91 Å². The molecular formula is C13H25N3O3. The number of primary amides is 1. The van der Waals surface area contributed by atoms with Crippen molar-refractivity contribution in [3.63, 3.8) is 0 Å². The van der Waals surface area contributed by atoms with Gasteiger partial charge in [-0.2, -0.15) is 0 Å². The number of carbonyl (C=O) groups is 2. The molecule has 19 heavy (non-hydrogen) atoms. The molecule has 2 atom stereocenters. The molecule has 1 aliphatic heterocycles. The minimum absolute atomic E-state index is 0.0356. The van der Waals surface area contributed by atoms with Crippen molar-refractivity contribution >= 4 is 11.9 Å². The second-order valence-electron chi connectivity index (χ2n) is 6.28. The summed E-state index contributed by atoms with van der Waals surface area (Å²) in [7, 11) is 0. The van der Waals surface area contributed by atoms with Gasteiger partial charge < -0.3 is 21.1 Å². The predicted molar refractivity (Wildman–Crippen MR) is 72.4 cm³/mol. The average molecular weight is 271 g/mol. The minimum Gasteiger partial charge on any atom is -0.396 e. The van der Waals surface area contributed by atoms with Crippen LogP contribution in [0.15, 0.2) is 0 Å². The van der Waals surface area contributed by atoms with Gasteiger partial charge >= 0.3 is 6.03 Å². The lowest BCUT2D eigenvalue weighted by Gasteiger charge is -2.38. The first-order valence-electron chi connectivity index (χ1n) is 6.70. The minimum atomic E-state index is -0.474. The molecule has 1 aliphatic rings. The van der Waals surface area contributed by atoms with Crippen molar-refractivity contribution in [1.82, 2.24) is 10.2 Å². The fourth-order valence-corrected chi connectivity index (χ4v) is 2.28. The van der Waals surface area contributed by atoms with Gasteiger partial charge in [-0.15, -0.1) is 0 Å². The van der Waals surface area contributed by atoms with E-state index >= 15 is 0 Å². The maximum absolute atomic E-state index is 12.0. The van der Waals surface area contributed by atoms with Crippen LogP contribution in [0.3, 0.4) is 0 Å². The zero-order valence-electron chi connectivity index (χ0n) is 12.0. The molecule has 0 saturated carbocycles. The Kier molecular flexibility index (Phi) is 5.17. The van der Waals surface area contributed by atoms with E-state index in [2.05, 4.69) is 5.32 Å². The lowest BCUT2D eigenvalue weighted by molar-refractivity contribution is -0.129. The summed E-state index contributed by atoms with van der Waals surface area (Å²) in [4.78, 5) is 24.8. The molecule has 1 fully saturated rings. The summed E-state index contributed by atoms with van der Waals surface area (Å²) in [6, 6.07) is -0.567. The smallest absolute Gasteiger partial charge is 0.314 e. The Morgan fingerprint density at radius 2 is 2.00 bits per heavy atom. The molecule has 0 aliphatic carbocycles. The zero-order valence-corrected chi connectivity index (χ0v) is 12.0. The van der Waals surface area contributed by atoms with Crippen LogP contribution in [0.2, 0.25) is 0 Å². The van der Waals surface area contributed by atoms with Crippen LogP contribution in [0, 0.1) is 11.3 Å². The number of aliphatic hydroxyl groups is 1. The molecule has 1 saturated heterocycles. The number of hydrogen-bond donors (Lipinski definition) is 3. The number of nitrogens with one attached hydrogen (secondary N) is 1. The van der Waals surface area contributed by atoms with Crippen molar-refractivity contribution in [3.05, 3.63) is 0 Å². The molecule has 0 spiro atoms. The molecule has 2 unspecified atom stereocenters. The first kappa shape index (κ1) is 15.8. The average Bonchev–Trinajstić information content (AvgIpc) is 2.27. The molecule has 3 amide bonds. The molecule has 0 radical (unpaired) electrons. The molecule has 0 aromatic rings. The number of piperidine rings is 1. The predicted octanol–water partition coefficient (Wildman–Crippen LogP) is 0.300. The van der Waals surface area contributed by atoms with E-state index in [0.717, 1.165) is 6.42 Å². The third-order valence-electron chi connectivity index (χ3n) is 3.40. The fourth-order valence-electron chi connectivity index (χ4n) is 2.28. The van der Waals surface area contributed by atoms with E-state index in [0.29, 0.717) is 19.5 Å². The van der Waals surface area contributed by atoms with Crippen molar-refractivity contribution in [2.75, 3.05) is 19.7 Å². The van der Waals surface area contributed by atoms with E-state index < -0.39 is 11.4 Å². The summed E-state index contributed by atoms with van der Waals surface area (Å²) in [5.41, 5.74) is 4.86. The quantitative estimate of drug-likeness (QED) is 0.689. The number of likely N-dealkylation sites (tertiary alicyclic amines) is 1. The van der Waals surface area contributed by atoms with Crippen LogP contribution >= 0.6 is 0 Å². The molecule has 110 valence electrons. The van der Waals surface area contributed by atoms with Crippen LogP contribution in [-0.4, -0.2) is 47.7 Å². The van der Waals surface area contributed by atoms with Crippen LogP contribution in [-0.2, 0) is 4.79 Å². The Morgan fingerprint density at radius 1 is 1.37 bits per heavy atom. The summed E-state index contributed by atoms with van der Waals surface area (Å²) >= 11 is 0. The third kappa shape index (κ3) is 4.70. The monoisotopic (exact) mass is 271 g/mol. The van der Waals surface area contributed by atoms with Crippen LogP contribution in [0.1, 0.15) is 33.6 Å². The zero-order chi connectivity index (χ0) is 14.6. The Hall–Kier alpha value is -1.30. The number of carbonyl (C=O) groups excluding carboxylic acids is 2. The Balaban J connectivity index is 2.66. The van der Waals surface area contributed by atoms with Crippen molar-refractivity contribution in [3.8, 4) is 0 Å². The van der Waals surface area contributed by atoms with Crippen molar-refractivity contribution < 1.29 is 14.7 Å². The van der Waals surface area contributed by atoms with Gasteiger partial charge in [0, 0.05) is 31.2 Å². The van der Waals surface area contributed by atoms with Crippen LogP contribution in [0.25, 0.3) is 0 Å². The topological polar surface area (TPSA) is 95.7 Å². The maximum Gasteiger partial charge on any atom is 0.314 e. The van der Waals surface area contributed by atoms with Gasteiger partial charge in [-0.25, -0.2) is 4.79 Å². The van der Waals surface area contributed by atoms with Crippen LogP contribution in [0.4, 0.5) is 4.79 Å². The van der Waals surface area contributed by atoms with Gasteiger partial charge in [0.15, 0.2) is 0 Å². The number of nitrogens with zero attached hydrogens (tertiary/aromatic N) is 1. The Labute approximate surface area is 114 Å². The largest absolute Gasteiger partial charge is 0.396 e. The van der Waals surface area contributed by atoms with E-state index in [1.165, 1.54) is 4.90 Å². The molecule has 0 aromatic carbocycles. The highest BCUT2D eigenvalue weighted by Crippen LogP contribution is 2.21. The summed E-state index contributed by atoms with van der Waals surface area (Å²) < 4.78 is 0. The SMILES string of the molecule is CC(C)(C)C(=O)NC1CC(CCO)CN(C(N)=O)C1. The van der Waals surface area contributed by atoms with Crippen LogP contribution in [0.5, 0.6) is 0 Å². The maximum atomic E-state index is 12.0. The summed E-state index contributed by atoms with van der Waals surface area (Å²) in [6.07, 6.45) is 1.39. The molecule has 1 heterocycles. The number of aliphatic hydroxyl groups excluding tert-OH is 1. The van der Waals surface area contributed by atoms with Gasteiger partial charge in [0.25, 0.3) is 0 Å².